The molecule has 1 aliphatic rings. The first-order valence-corrected chi connectivity index (χ1v) is 9.06. The SMILES string of the molecule is Cc1csc(CCCNC(=O)C[C@@H]2C(=O)NCCN2C(C)C)n1. The first-order chi connectivity index (χ1) is 11.0. The molecule has 2 heterocycles. The van der Waals surface area contributed by atoms with Crippen LogP contribution in [0.3, 0.4) is 0 Å². The fourth-order valence-corrected chi connectivity index (χ4v) is 3.61. The number of rotatable bonds is 7. The molecule has 128 valence electrons. The van der Waals surface area contributed by atoms with E-state index >= 15 is 0 Å². The van der Waals surface area contributed by atoms with E-state index in [2.05, 4.69) is 34.4 Å². The second-order valence-electron chi connectivity index (χ2n) is 6.18. The highest BCUT2D eigenvalue weighted by molar-refractivity contribution is 7.09. The molecule has 1 saturated heterocycles. The Morgan fingerprint density at radius 1 is 1.57 bits per heavy atom. The minimum atomic E-state index is -0.356. The van der Waals surface area contributed by atoms with Gasteiger partial charge in [0.05, 0.1) is 17.5 Å². The van der Waals surface area contributed by atoms with Crippen molar-refractivity contribution in [1.82, 2.24) is 20.5 Å². The molecule has 1 atom stereocenters. The summed E-state index contributed by atoms with van der Waals surface area (Å²) in [5.74, 6) is -0.105. The fourth-order valence-electron chi connectivity index (χ4n) is 2.79. The third kappa shape index (κ3) is 5.28. The summed E-state index contributed by atoms with van der Waals surface area (Å²) in [5, 5.41) is 8.91. The molecule has 6 nitrogen and oxygen atoms in total. The number of aromatic nitrogens is 1. The normalized spacial score (nSPS) is 19.0. The van der Waals surface area contributed by atoms with Crippen molar-refractivity contribution in [2.45, 2.75) is 52.1 Å². The molecule has 2 N–H and O–H groups in total. The second-order valence-corrected chi connectivity index (χ2v) is 7.12. The highest BCUT2D eigenvalue weighted by Gasteiger charge is 2.32. The van der Waals surface area contributed by atoms with Crippen LogP contribution in [0.4, 0.5) is 0 Å². The molecule has 0 unspecified atom stereocenters. The zero-order valence-electron chi connectivity index (χ0n) is 14.1. The molecule has 0 aromatic carbocycles. The van der Waals surface area contributed by atoms with Crippen molar-refractivity contribution in [1.29, 1.82) is 0 Å². The van der Waals surface area contributed by atoms with Crippen LogP contribution < -0.4 is 10.6 Å². The lowest BCUT2D eigenvalue weighted by Gasteiger charge is -2.37. The summed E-state index contributed by atoms with van der Waals surface area (Å²) in [4.78, 5) is 30.6. The molecule has 2 rings (SSSR count). The van der Waals surface area contributed by atoms with Crippen molar-refractivity contribution in [2.75, 3.05) is 19.6 Å². The lowest BCUT2D eigenvalue weighted by molar-refractivity contribution is -0.134. The molecule has 1 fully saturated rings. The molecule has 7 heteroatoms. The van der Waals surface area contributed by atoms with E-state index in [9.17, 15) is 9.59 Å². The molecule has 0 spiro atoms. The van der Waals surface area contributed by atoms with Gasteiger partial charge in [-0.05, 0) is 27.2 Å². The third-order valence-electron chi connectivity index (χ3n) is 3.97. The molecule has 1 aromatic rings. The number of piperazine rings is 1. The highest BCUT2D eigenvalue weighted by atomic mass is 32.1. The lowest BCUT2D eigenvalue weighted by atomic mass is 10.1. The van der Waals surface area contributed by atoms with E-state index in [0.717, 1.165) is 30.1 Å². The Labute approximate surface area is 141 Å². The number of aryl methyl sites for hydroxylation is 2. The monoisotopic (exact) mass is 338 g/mol. The van der Waals surface area contributed by atoms with Gasteiger partial charge in [-0.2, -0.15) is 0 Å². The van der Waals surface area contributed by atoms with Crippen molar-refractivity contribution < 1.29 is 9.59 Å². The summed E-state index contributed by atoms with van der Waals surface area (Å²) < 4.78 is 0. The van der Waals surface area contributed by atoms with Crippen molar-refractivity contribution in [2.24, 2.45) is 0 Å². The predicted molar refractivity (Wildman–Crippen MR) is 91.4 cm³/mol. The Morgan fingerprint density at radius 3 is 3.00 bits per heavy atom. The van der Waals surface area contributed by atoms with Gasteiger partial charge in [-0.3, -0.25) is 14.5 Å². The number of hydrogen-bond donors (Lipinski definition) is 2. The van der Waals surface area contributed by atoms with Gasteiger partial charge in [-0.1, -0.05) is 0 Å². The van der Waals surface area contributed by atoms with E-state index in [-0.39, 0.29) is 30.3 Å². The van der Waals surface area contributed by atoms with Gasteiger partial charge in [-0.15, -0.1) is 11.3 Å². The summed E-state index contributed by atoms with van der Waals surface area (Å²) in [6, 6.07) is -0.0997. The number of thiazole rings is 1. The highest BCUT2D eigenvalue weighted by Crippen LogP contribution is 2.13. The maximum atomic E-state index is 12.1. The second kappa shape index (κ2) is 8.40. The molecule has 1 aliphatic heterocycles. The van der Waals surface area contributed by atoms with Gasteiger partial charge in [-0.25, -0.2) is 4.98 Å². The zero-order chi connectivity index (χ0) is 16.8. The Hall–Kier alpha value is -1.47. The molecule has 1 aromatic heterocycles. The minimum Gasteiger partial charge on any atom is -0.356 e. The van der Waals surface area contributed by atoms with E-state index in [1.807, 2.05) is 12.3 Å². The van der Waals surface area contributed by atoms with Crippen LogP contribution in [-0.4, -0.2) is 53.4 Å². The van der Waals surface area contributed by atoms with Crippen LogP contribution >= 0.6 is 11.3 Å². The Morgan fingerprint density at radius 2 is 2.35 bits per heavy atom. The van der Waals surface area contributed by atoms with Gasteiger partial charge in [0, 0.05) is 43.2 Å². The summed E-state index contributed by atoms with van der Waals surface area (Å²) >= 11 is 1.66. The number of hydrogen-bond acceptors (Lipinski definition) is 5. The van der Waals surface area contributed by atoms with Gasteiger partial charge >= 0.3 is 0 Å². The molecule has 0 radical (unpaired) electrons. The third-order valence-corrected chi connectivity index (χ3v) is 5.00. The van der Waals surface area contributed by atoms with Crippen LogP contribution in [0.2, 0.25) is 0 Å². The molecule has 23 heavy (non-hydrogen) atoms. The van der Waals surface area contributed by atoms with Gasteiger partial charge in [0.15, 0.2) is 0 Å². The number of nitrogens with one attached hydrogen (secondary N) is 2. The standard InChI is InChI=1S/C16H26N4O2S/c1-11(2)20-8-7-18-16(22)13(20)9-14(21)17-6-4-5-15-19-12(3)10-23-15/h10-11,13H,4-9H2,1-3H3,(H,17,21)(H,18,22)/t13-/m1/s1. The zero-order valence-corrected chi connectivity index (χ0v) is 14.9. The average molecular weight is 338 g/mol. The smallest absolute Gasteiger partial charge is 0.237 e. The summed E-state index contributed by atoms with van der Waals surface area (Å²) in [6.45, 7) is 8.16. The predicted octanol–water partition coefficient (Wildman–Crippen LogP) is 1.10. The van der Waals surface area contributed by atoms with Crippen LogP contribution in [0.15, 0.2) is 5.38 Å². The fraction of sp³-hybridized carbons (Fsp3) is 0.688. The van der Waals surface area contributed by atoms with Gasteiger partial charge < -0.3 is 10.6 Å². The van der Waals surface area contributed by atoms with Crippen molar-refractivity contribution in [3.63, 3.8) is 0 Å². The summed E-state index contributed by atoms with van der Waals surface area (Å²) in [6.07, 6.45) is 1.96. The molecule has 0 aliphatic carbocycles. The first-order valence-electron chi connectivity index (χ1n) is 8.18. The molecular weight excluding hydrogens is 312 g/mol. The van der Waals surface area contributed by atoms with E-state index in [0.29, 0.717) is 13.1 Å². The van der Waals surface area contributed by atoms with E-state index in [4.69, 9.17) is 0 Å². The van der Waals surface area contributed by atoms with Crippen molar-refractivity contribution >= 4 is 23.2 Å². The molecule has 2 amide bonds. The van der Waals surface area contributed by atoms with Crippen LogP contribution in [0, 0.1) is 6.92 Å². The molecule has 0 bridgehead atoms. The molecular formula is C16H26N4O2S. The van der Waals surface area contributed by atoms with E-state index in [1.54, 1.807) is 11.3 Å². The topological polar surface area (TPSA) is 74.3 Å². The number of carbonyl (C=O) groups is 2. The Bertz CT molecular complexity index is 544. The largest absolute Gasteiger partial charge is 0.356 e. The van der Waals surface area contributed by atoms with Crippen molar-refractivity contribution in [3.05, 3.63) is 16.1 Å². The van der Waals surface area contributed by atoms with Crippen LogP contribution in [0.1, 0.15) is 37.4 Å². The summed E-state index contributed by atoms with van der Waals surface area (Å²) in [5.41, 5.74) is 1.05. The van der Waals surface area contributed by atoms with Crippen LogP contribution in [0.25, 0.3) is 0 Å². The first kappa shape index (κ1) is 17.9. The molecule has 0 saturated carbocycles. The maximum absolute atomic E-state index is 12.1. The minimum absolute atomic E-state index is 0.0432. The van der Waals surface area contributed by atoms with Crippen molar-refractivity contribution in [3.8, 4) is 0 Å². The average Bonchev–Trinajstić information content (AvgIpc) is 2.91. The van der Waals surface area contributed by atoms with Gasteiger partial charge in [0.2, 0.25) is 11.8 Å². The van der Waals surface area contributed by atoms with E-state index in [1.165, 1.54) is 0 Å². The summed E-state index contributed by atoms with van der Waals surface area (Å²) in [7, 11) is 0. The number of nitrogens with zero attached hydrogens (tertiary/aromatic N) is 2. The number of carbonyl (C=O) groups excluding carboxylic acids is 2. The van der Waals surface area contributed by atoms with Crippen LogP contribution in [0.5, 0.6) is 0 Å². The van der Waals surface area contributed by atoms with E-state index < -0.39 is 0 Å². The van der Waals surface area contributed by atoms with Gasteiger partial charge in [0.25, 0.3) is 0 Å². The maximum Gasteiger partial charge on any atom is 0.237 e. The quantitative estimate of drug-likeness (QED) is 0.730. The Kier molecular flexibility index (Phi) is 6.53. The number of amides is 2. The van der Waals surface area contributed by atoms with Crippen LogP contribution in [-0.2, 0) is 16.0 Å². The Balaban J connectivity index is 1.73. The van der Waals surface area contributed by atoms with Gasteiger partial charge in [0.1, 0.15) is 0 Å². The lowest BCUT2D eigenvalue weighted by Crippen LogP contribution is -2.58.